The number of aromatic nitrogens is 2. The molecule has 7 nitrogen and oxygen atoms in total. The molecule has 2 aromatic carbocycles. The molecule has 0 atom stereocenters. The second kappa shape index (κ2) is 7.79. The third-order valence-corrected chi connectivity index (χ3v) is 4.88. The molecule has 1 N–H and O–H groups in total. The molecule has 0 saturated heterocycles. The van der Waals surface area contributed by atoms with E-state index in [1.807, 2.05) is 41.9 Å². The van der Waals surface area contributed by atoms with Crippen molar-refractivity contribution in [2.45, 2.75) is 26.4 Å². The van der Waals surface area contributed by atoms with Gasteiger partial charge in [-0.15, -0.1) is 0 Å². The second-order valence-corrected chi connectivity index (χ2v) is 6.80. The zero-order chi connectivity index (χ0) is 20.4. The Kier molecular flexibility index (Phi) is 5.03. The number of carboxylic acids is 1. The lowest BCUT2D eigenvalue weighted by Crippen LogP contribution is -2.36. The Labute approximate surface area is 168 Å². The van der Waals surface area contributed by atoms with Crippen LogP contribution in [0.2, 0.25) is 0 Å². The summed E-state index contributed by atoms with van der Waals surface area (Å²) in [4.78, 5) is 25.3. The van der Waals surface area contributed by atoms with Crippen LogP contribution in [-0.2, 0) is 17.9 Å². The molecule has 0 saturated carbocycles. The molecule has 7 heteroatoms. The van der Waals surface area contributed by atoms with Gasteiger partial charge in [0.15, 0.2) is 0 Å². The van der Waals surface area contributed by atoms with Crippen molar-refractivity contribution in [2.24, 2.45) is 0 Å². The van der Waals surface area contributed by atoms with E-state index in [2.05, 4.69) is 5.10 Å². The highest BCUT2D eigenvalue weighted by molar-refractivity contribution is 5.94. The van der Waals surface area contributed by atoms with Crippen LogP contribution in [0, 0.1) is 0 Å². The largest absolute Gasteiger partial charge is 0.494 e. The molecule has 0 radical (unpaired) electrons. The van der Waals surface area contributed by atoms with Crippen LogP contribution in [0.5, 0.6) is 5.75 Å². The van der Waals surface area contributed by atoms with E-state index in [1.54, 1.807) is 29.2 Å². The van der Waals surface area contributed by atoms with Gasteiger partial charge in [-0.25, -0.2) is 9.48 Å². The number of nitrogens with zero attached hydrogens (tertiary/aromatic N) is 3. The molecule has 0 fully saturated rings. The van der Waals surface area contributed by atoms with Gasteiger partial charge in [-0.2, -0.15) is 5.10 Å². The van der Waals surface area contributed by atoms with Crippen molar-refractivity contribution < 1.29 is 19.4 Å². The SMILES string of the molecule is CCOc1ccc(-c2cc3n(n2)CCC(=O)N3Cc2ccc(C(=O)O)cc2)cc1. The lowest BCUT2D eigenvalue weighted by atomic mass is 10.1. The monoisotopic (exact) mass is 391 g/mol. The first-order valence-corrected chi connectivity index (χ1v) is 9.49. The smallest absolute Gasteiger partial charge is 0.335 e. The van der Waals surface area contributed by atoms with E-state index in [1.165, 1.54) is 0 Å². The number of benzene rings is 2. The van der Waals surface area contributed by atoms with E-state index in [9.17, 15) is 9.59 Å². The number of aromatic carboxylic acids is 1. The lowest BCUT2D eigenvalue weighted by Gasteiger charge is -2.27. The Balaban J connectivity index is 1.60. The van der Waals surface area contributed by atoms with Gasteiger partial charge in [0.2, 0.25) is 5.91 Å². The maximum Gasteiger partial charge on any atom is 0.335 e. The number of carboxylic acid groups (broad SMARTS) is 1. The summed E-state index contributed by atoms with van der Waals surface area (Å²) >= 11 is 0. The van der Waals surface area contributed by atoms with E-state index in [4.69, 9.17) is 9.84 Å². The van der Waals surface area contributed by atoms with Gasteiger partial charge >= 0.3 is 5.97 Å². The van der Waals surface area contributed by atoms with E-state index in [0.29, 0.717) is 26.1 Å². The minimum Gasteiger partial charge on any atom is -0.494 e. The lowest BCUT2D eigenvalue weighted by molar-refractivity contribution is -0.119. The fourth-order valence-corrected chi connectivity index (χ4v) is 3.39. The van der Waals surface area contributed by atoms with Crippen molar-refractivity contribution in [1.29, 1.82) is 0 Å². The summed E-state index contributed by atoms with van der Waals surface area (Å²) in [5.74, 6) is 0.607. The number of aryl methyl sites for hydroxylation is 1. The predicted octanol–water partition coefficient (Wildman–Crippen LogP) is 3.58. The molecule has 4 rings (SSSR count). The molecule has 1 aliphatic rings. The Morgan fingerprint density at radius 1 is 1.14 bits per heavy atom. The Morgan fingerprint density at radius 3 is 2.52 bits per heavy atom. The van der Waals surface area contributed by atoms with Gasteiger partial charge in [0.1, 0.15) is 11.6 Å². The molecule has 0 bridgehead atoms. The number of hydrogen-bond donors (Lipinski definition) is 1. The fourth-order valence-electron chi connectivity index (χ4n) is 3.39. The highest BCUT2D eigenvalue weighted by Crippen LogP contribution is 2.30. The molecular weight excluding hydrogens is 370 g/mol. The summed E-state index contributed by atoms with van der Waals surface area (Å²) < 4.78 is 7.33. The number of amides is 1. The molecule has 0 spiro atoms. The van der Waals surface area contributed by atoms with Crippen LogP contribution in [0.25, 0.3) is 11.3 Å². The average Bonchev–Trinajstić information content (AvgIpc) is 3.16. The topological polar surface area (TPSA) is 84.7 Å². The van der Waals surface area contributed by atoms with Crippen LogP contribution in [0.3, 0.4) is 0 Å². The van der Waals surface area contributed by atoms with Crippen molar-refractivity contribution >= 4 is 17.7 Å². The molecule has 148 valence electrons. The molecule has 0 unspecified atom stereocenters. The summed E-state index contributed by atoms with van der Waals surface area (Å²) in [7, 11) is 0. The number of ether oxygens (including phenoxy) is 1. The number of hydrogen-bond acceptors (Lipinski definition) is 4. The van der Waals surface area contributed by atoms with Crippen LogP contribution in [0.4, 0.5) is 5.82 Å². The number of carbonyl (C=O) groups excluding carboxylic acids is 1. The maximum atomic E-state index is 12.6. The normalized spacial score (nSPS) is 13.3. The van der Waals surface area contributed by atoms with Gasteiger partial charge in [-0.05, 0) is 48.9 Å². The number of carbonyl (C=O) groups is 2. The van der Waals surface area contributed by atoms with Crippen LogP contribution < -0.4 is 9.64 Å². The number of anilines is 1. The molecule has 0 aliphatic carbocycles. The molecule has 2 heterocycles. The first-order chi connectivity index (χ1) is 14.0. The summed E-state index contributed by atoms with van der Waals surface area (Å²) in [6, 6.07) is 16.2. The third-order valence-electron chi connectivity index (χ3n) is 4.88. The van der Waals surface area contributed by atoms with Crippen LogP contribution in [0.15, 0.2) is 54.6 Å². The first-order valence-electron chi connectivity index (χ1n) is 9.49. The highest BCUT2D eigenvalue weighted by atomic mass is 16.5. The Hall–Kier alpha value is -3.61. The van der Waals surface area contributed by atoms with Crippen LogP contribution in [-0.4, -0.2) is 33.4 Å². The van der Waals surface area contributed by atoms with E-state index < -0.39 is 5.97 Å². The van der Waals surface area contributed by atoms with E-state index in [0.717, 1.165) is 28.4 Å². The van der Waals surface area contributed by atoms with Gasteiger partial charge in [0.05, 0.1) is 31.0 Å². The van der Waals surface area contributed by atoms with Gasteiger partial charge in [0.25, 0.3) is 0 Å². The number of rotatable bonds is 6. The van der Waals surface area contributed by atoms with Crippen LogP contribution >= 0.6 is 0 Å². The molecule has 3 aromatic rings. The summed E-state index contributed by atoms with van der Waals surface area (Å²) in [6.07, 6.45) is 0.380. The summed E-state index contributed by atoms with van der Waals surface area (Å²) in [5.41, 5.74) is 2.83. The zero-order valence-electron chi connectivity index (χ0n) is 16.0. The van der Waals surface area contributed by atoms with E-state index in [-0.39, 0.29) is 11.5 Å². The molecule has 1 aliphatic heterocycles. The predicted molar refractivity (Wildman–Crippen MR) is 108 cm³/mol. The summed E-state index contributed by atoms with van der Waals surface area (Å²) in [5, 5.41) is 13.7. The van der Waals surface area contributed by atoms with Gasteiger partial charge in [-0.1, -0.05) is 12.1 Å². The molecular formula is C22H21N3O4. The second-order valence-electron chi connectivity index (χ2n) is 6.80. The quantitative estimate of drug-likeness (QED) is 0.694. The Bertz CT molecular complexity index is 1040. The van der Waals surface area contributed by atoms with Crippen molar-refractivity contribution in [3.05, 3.63) is 65.7 Å². The van der Waals surface area contributed by atoms with Gasteiger partial charge in [0, 0.05) is 18.1 Å². The van der Waals surface area contributed by atoms with Crippen molar-refractivity contribution in [3.63, 3.8) is 0 Å². The first kappa shape index (κ1) is 18.7. The average molecular weight is 391 g/mol. The Morgan fingerprint density at radius 2 is 1.86 bits per heavy atom. The van der Waals surface area contributed by atoms with Crippen molar-refractivity contribution in [3.8, 4) is 17.0 Å². The fraction of sp³-hybridized carbons (Fsp3) is 0.227. The number of fused-ring (bicyclic) bond motifs is 1. The summed E-state index contributed by atoms with van der Waals surface area (Å²) in [6.45, 7) is 3.47. The van der Waals surface area contributed by atoms with Gasteiger partial charge < -0.3 is 9.84 Å². The third kappa shape index (κ3) is 3.85. The maximum absolute atomic E-state index is 12.6. The van der Waals surface area contributed by atoms with E-state index >= 15 is 0 Å². The molecule has 29 heavy (non-hydrogen) atoms. The van der Waals surface area contributed by atoms with Gasteiger partial charge in [-0.3, -0.25) is 9.69 Å². The molecule has 1 aromatic heterocycles. The van der Waals surface area contributed by atoms with Crippen molar-refractivity contribution in [2.75, 3.05) is 11.5 Å². The minimum atomic E-state index is -0.969. The zero-order valence-corrected chi connectivity index (χ0v) is 16.0. The standard InChI is InChI=1S/C22H21N3O4/c1-2-29-18-9-7-16(8-10-18)19-13-20-24(21(26)11-12-25(20)23-19)14-15-3-5-17(6-4-15)22(27)28/h3-10,13H,2,11-12,14H2,1H3,(H,27,28). The van der Waals surface area contributed by atoms with Crippen LogP contribution in [0.1, 0.15) is 29.3 Å². The van der Waals surface area contributed by atoms with Crippen molar-refractivity contribution in [1.82, 2.24) is 9.78 Å². The highest BCUT2D eigenvalue weighted by Gasteiger charge is 2.26. The molecule has 1 amide bonds. The minimum absolute atomic E-state index is 0.0259.